The summed E-state index contributed by atoms with van der Waals surface area (Å²) < 4.78 is 29.5. The normalized spacial score (nSPS) is 13.0. The Morgan fingerprint density at radius 1 is 1.18 bits per heavy atom. The maximum absolute atomic E-state index is 10.8. The van der Waals surface area contributed by atoms with Gasteiger partial charge in [-0.3, -0.25) is 9.35 Å². The van der Waals surface area contributed by atoms with Gasteiger partial charge in [-0.1, -0.05) is 27.4 Å². The van der Waals surface area contributed by atoms with E-state index in [1.165, 1.54) is 13.8 Å². The number of carbonyl (C=O) groups excluding carboxylic acids is 1. The Labute approximate surface area is 135 Å². The minimum atomic E-state index is -4.08. The molecular formula is C15H32N2O4S. The Kier molecular flexibility index (Phi) is 8.57. The van der Waals surface area contributed by atoms with Crippen LogP contribution in [-0.2, 0) is 14.9 Å². The summed E-state index contributed by atoms with van der Waals surface area (Å²) in [4.78, 5) is 10.8. The quantitative estimate of drug-likeness (QED) is 0.526. The van der Waals surface area contributed by atoms with Crippen LogP contribution in [0.15, 0.2) is 12.7 Å². The Balaban J connectivity index is 0. The summed E-state index contributed by atoms with van der Waals surface area (Å²) in [5.41, 5.74) is 5.16. The van der Waals surface area contributed by atoms with Gasteiger partial charge in [0.1, 0.15) is 0 Å². The second-order valence-electron chi connectivity index (χ2n) is 8.03. The molecule has 0 saturated carbocycles. The summed E-state index contributed by atoms with van der Waals surface area (Å²) in [6, 6.07) is 0. The van der Waals surface area contributed by atoms with Gasteiger partial charge in [0.05, 0.1) is 11.3 Å². The van der Waals surface area contributed by atoms with Crippen LogP contribution in [0, 0.1) is 5.41 Å². The summed E-state index contributed by atoms with van der Waals surface area (Å²) in [5.74, 6) is -1.01. The van der Waals surface area contributed by atoms with E-state index in [0.717, 1.165) is 12.5 Å². The van der Waals surface area contributed by atoms with E-state index in [1.54, 1.807) is 0 Å². The van der Waals surface area contributed by atoms with Crippen molar-refractivity contribution in [2.24, 2.45) is 11.1 Å². The molecule has 0 heterocycles. The third kappa shape index (κ3) is 19.1. The van der Waals surface area contributed by atoms with Gasteiger partial charge >= 0.3 is 0 Å². The molecule has 6 nitrogen and oxygen atoms in total. The van der Waals surface area contributed by atoms with E-state index in [-0.39, 0.29) is 5.54 Å². The first-order chi connectivity index (χ1) is 9.37. The van der Waals surface area contributed by atoms with Crippen molar-refractivity contribution in [1.29, 1.82) is 0 Å². The lowest BCUT2D eigenvalue weighted by Crippen LogP contribution is -2.47. The number of nitrogens with two attached hydrogens (primary N) is 1. The summed E-state index contributed by atoms with van der Waals surface area (Å²) in [7, 11) is -4.08. The maximum atomic E-state index is 10.8. The van der Waals surface area contributed by atoms with Gasteiger partial charge in [0.25, 0.3) is 10.1 Å². The fourth-order valence-corrected chi connectivity index (χ4v) is 3.23. The molecule has 7 heteroatoms. The average Bonchev–Trinajstić information content (AvgIpc) is 2.06. The molecular weight excluding hydrogens is 304 g/mol. The van der Waals surface area contributed by atoms with E-state index in [1.807, 2.05) is 0 Å². The first kappa shape index (κ1) is 23.3. The molecule has 0 aliphatic rings. The summed E-state index contributed by atoms with van der Waals surface area (Å²) in [5, 5.41) is 2.37. The van der Waals surface area contributed by atoms with Gasteiger partial charge < -0.3 is 11.1 Å². The molecule has 1 amide bonds. The summed E-state index contributed by atoms with van der Waals surface area (Å²) in [6.07, 6.45) is 2.10. The molecule has 0 aromatic heterocycles. The van der Waals surface area contributed by atoms with Crippen molar-refractivity contribution in [2.75, 3.05) is 5.75 Å². The fraction of sp³-hybridized carbons (Fsp3) is 0.800. The van der Waals surface area contributed by atoms with Crippen LogP contribution in [0.25, 0.3) is 0 Å². The highest BCUT2D eigenvalue weighted by atomic mass is 32.2. The van der Waals surface area contributed by atoms with E-state index < -0.39 is 27.3 Å². The summed E-state index contributed by atoms with van der Waals surface area (Å²) >= 11 is 0. The third-order valence-corrected chi connectivity index (χ3v) is 3.26. The van der Waals surface area contributed by atoms with Gasteiger partial charge in [0.15, 0.2) is 0 Å². The first-order valence-electron chi connectivity index (χ1n) is 7.05. The van der Waals surface area contributed by atoms with Gasteiger partial charge in [-0.15, -0.1) is 0 Å². The molecule has 132 valence electrons. The smallest absolute Gasteiger partial charge is 0.267 e. The molecule has 0 aliphatic heterocycles. The van der Waals surface area contributed by atoms with Crippen LogP contribution in [0.5, 0.6) is 0 Å². The van der Waals surface area contributed by atoms with Gasteiger partial charge in [0.2, 0.25) is 5.91 Å². The Hall–Kier alpha value is -0.920. The largest absolute Gasteiger partial charge is 0.347 e. The second-order valence-corrected chi connectivity index (χ2v) is 9.48. The maximum Gasteiger partial charge on any atom is 0.267 e. The molecule has 0 saturated heterocycles. The van der Waals surface area contributed by atoms with Crippen LogP contribution in [0.2, 0.25) is 0 Å². The zero-order valence-electron chi connectivity index (χ0n) is 14.9. The number of rotatable bonds is 5. The van der Waals surface area contributed by atoms with Crippen molar-refractivity contribution in [1.82, 2.24) is 5.32 Å². The third-order valence-electron chi connectivity index (χ3n) is 2.18. The van der Waals surface area contributed by atoms with E-state index in [4.69, 9.17) is 10.3 Å². The van der Waals surface area contributed by atoms with Crippen molar-refractivity contribution in [3.8, 4) is 0 Å². The second kappa shape index (κ2) is 8.08. The number of hydrogen-bond donors (Lipinski definition) is 3. The monoisotopic (exact) mass is 336 g/mol. The predicted octanol–water partition coefficient (Wildman–Crippen LogP) is 2.11. The lowest BCUT2D eigenvalue weighted by atomic mass is 9.82. The van der Waals surface area contributed by atoms with Gasteiger partial charge in [-0.25, -0.2) is 0 Å². The molecule has 0 rings (SSSR count). The molecule has 0 spiro atoms. The molecule has 0 aromatic carbocycles. The minimum Gasteiger partial charge on any atom is -0.347 e. The van der Waals surface area contributed by atoms with Gasteiger partial charge in [0, 0.05) is 5.54 Å². The number of nitrogens with one attached hydrogen (secondary N) is 1. The van der Waals surface area contributed by atoms with Crippen LogP contribution in [0.3, 0.4) is 0 Å². The molecule has 0 radical (unpaired) electrons. The van der Waals surface area contributed by atoms with Crippen LogP contribution in [0.1, 0.15) is 54.9 Å². The van der Waals surface area contributed by atoms with Crippen molar-refractivity contribution >= 4 is 16.0 Å². The highest BCUT2D eigenvalue weighted by Gasteiger charge is 2.25. The Morgan fingerprint density at radius 3 is 1.77 bits per heavy atom. The Bertz CT molecular complexity index is 457. The van der Waals surface area contributed by atoms with Crippen molar-refractivity contribution in [2.45, 2.75) is 66.0 Å². The number of hydrogen-bond acceptors (Lipinski definition) is 4. The van der Waals surface area contributed by atoms with E-state index >= 15 is 0 Å². The fourth-order valence-electron chi connectivity index (χ4n) is 2.24. The molecule has 0 bridgehead atoms. The predicted molar refractivity (Wildman–Crippen MR) is 91.2 cm³/mol. The number of carbonyl (C=O) groups is 1. The van der Waals surface area contributed by atoms with Crippen LogP contribution in [-0.4, -0.2) is 35.7 Å². The minimum absolute atomic E-state index is 0.0156. The average molecular weight is 336 g/mol. The zero-order valence-corrected chi connectivity index (χ0v) is 15.7. The lowest BCUT2D eigenvalue weighted by Gasteiger charge is -2.28. The first-order valence-corrected chi connectivity index (χ1v) is 8.66. The van der Waals surface area contributed by atoms with Crippen molar-refractivity contribution in [3.63, 3.8) is 0 Å². The zero-order chi connectivity index (χ0) is 18.4. The van der Waals surface area contributed by atoms with E-state index in [2.05, 4.69) is 46.5 Å². The molecule has 4 N–H and O–H groups in total. The van der Waals surface area contributed by atoms with Crippen molar-refractivity contribution in [3.05, 3.63) is 12.7 Å². The van der Waals surface area contributed by atoms with E-state index in [9.17, 15) is 13.2 Å². The SMILES string of the molecule is C=CC(=O)NC(C)(C)CS(=O)(=O)O.CC(C)(C)CC(C)(C)N. The molecule has 22 heavy (non-hydrogen) atoms. The van der Waals surface area contributed by atoms with Crippen LogP contribution >= 0.6 is 0 Å². The van der Waals surface area contributed by atoms with Crippen LogP contribution < -0.4 is 11.1 Å². The standard InChI is InChI=1S/C8H19N.C7H13NO4S/c1-7(2,3)6-8(4,5)9;1-4-6(9)8-7(2,3)5-13(10,11)12/h6,9H2,1-5H3;4H,1,5H2,2-3H3,(H,8,9)(H,10,11,12). The molecule has 0 unspecified atom stereocenters. The highest BCUT2D eigenvalue weighted by Crippen LogP contribution is 2.24. The lowest BCUT2D eigenvalue weighted by molar-refractivity contribution is -0.117. The van der Waals surface area contributed by atoms with Crippen molar-refractivity contribution < 1.29 is 17.8 Å². The highest BCUT2D eigenvalue weighted by molar-refractivity contribution is 7.85. The Morgan fingerprint density at radius 2 is 1.59 bits per heavy atom. The van der Waals surface area contributed by atoms with Gasteiger partial charge in [-0.2, -0.15) is 8.42 Å². The van der Waals surface area contributed by atoms with Gasteiger partial charge in [-0.05, 0) is 45.6 Å². The topological polar surface area (TPSA) is 109 Å². The number of amides is 1. The summed E-state index contributed by atoms with van der Waals surface area (Å²) in [6.45, 7) is 17.0. The molecule has 0 aliphatic carbocycles. The molecule has 0 fully saturated rings. The van der Waals surface area contributed by atoms with E-state index in [0.29, 0.717) is 5.41 Å². The van der Waals surface area contributed by atoms with Crippen LogP contribution in [0.4, 0.5) is 0 Å². The molecule has 0 aromatic rings. The molecule has 0 atom stereocenters.